The van der Waals surface area contributed by atoms with Crippen LogP contribution in [0.15, 0.2) is 82.7 Å². The molecule has 0 amide bonds. The average molecular weight is 430 g/mol. The zero-order chi connectivity index (χ0) is 21.3. The van der Waals surface area contributed by atoms with E-state index in [0.717, 1.165) is 17.8 Å². The van der Waals surface area contributed by atoms with Crippen LogP contribution in [0.2, 0.25) is 0 Å². The number of halogens is 4. The number of aromatic nitrogens is 2. The van der Waals surface area contributed by atoms with Crippen molar-refractivity contribution in [2.75, 3.05) is 0 Å². The number of hydrogen-bond acceptors (Lipinski definition) is 3. The molecule has 0 radical (unpaired) electrons. The number of benzene rings is 3. The summed E-state index contributed by atoms with van der Waals surface area (Å²) in [6, 6.07) is 17.4. The molecule has 3 nitrogen and oxygen atoms in total. The van der Waals surface area contributed by atoms with Crippen molar-refractivity contribution in [2.24, 2.45) is 0 Å². The number of fused-ring (bicyclic) bond motifs is 1. The Labute approximate surface area is 173 Å². The molecule has 0 bridgehead atoms. The van der Waals surface area contributed by atoms with Gasteiger partial charge in [-0.25, -0.2) is 9.37 Å². The monoisotopic (exact) mass is 430 g/mol. The summed E-state index contributed by atoms with van der Waals surface area (Å²) < 4.78 is 55.0. The second-order valence-electron chi connectivity index (χ2n) is 6.48. The number of para-hydroxylation sites is 1. The van der Waals surface area contributed by atoms with E-state index in [0.29, 0.717) is 10.9 Å². The molecule has 0 spiro atoms. The first kappa shape index (κ1) is 20.2. The third-order valence-electron chi connectivity index (χ3n) is 4.49. The van der Waals surface area contributed by atoms with Crippen molar-refractivity contribution in [3.8, 4) is 5.69 Å². The minimum absolute atomic E-state index is 0.0597. The van der Waals surface area contributed by atoms with E-state index in [1.807, 2.05) is 0 Å². The van der Waals surface area contributed by atoms with Gasteiger partial charge in [0.2, 0.25) is 0 Å². The Kier molecular flexibility index (Phi) is 5.34. The maximum atomic E-state index is 13.8. The van der Waals surface area contributed by atoms with Gasteiger partial charge in [-0.3, -0.25) is 9.36 Å². The van der Waals surface area contributed by atoms with Crippen LogP contribution in [-0.2, 0) is 11.9 Å². The van der Waals surface area contributed by atoms with E-state index in [-0.39, 0.29) is 22.2 Å². The Hall–Kier alpha value is -3.13. The van der Waals surface area contributed by atoms with Gasteiger partial charge < -0.3 is 0 Å². The lowest BCUT2D eigenvalue weighted by atomic mass is 10.1. The van der Waals surface area contributed by atoms with Crippen molar-refractivity contribution >= 4 is 22.7 Å². The van der Waals surface area contributed by atoms with Crippen LogP contribution >= 0.6 is 11.8 Å². The molecular weight excluding hydrogens is 416 g/mol. The van der Waals surface area contributed by atoms with Crippen LogP contribution in [0.3, 0.4) is 0 Å². The van der Waals surface area contributed by atoms with Crippen molar-refractivity contribution < 1.29 is 17.6 Å². The fraction of sp³-hybridized carbons (Fsp3) is 0.0909. The van der Waals surface area contributed by atoms with Crippen LogP contribution in [-0.4, -0.2) is 9.55 Å². The van der Waals surface area contributed by atoms with Crippen molar-refractivity contribution in [3.63, 3.8) is 0 Å². The Morgan fingerprint density at radius 1 is 0.933 bits per heavy atom. The second kappa shape index (κ2) is 7.95. The largest absolute Gasteiger partial charge is 0.416 e. The van der Waals surface area contributed by atoms with Crippen LogP contribution in [0.4, 0.5) is 17.6 Å². The van der Waals surface area contributed by atoms with E-state index >= 15 is 0 Å². The van der Waals surface area contributed by atoms with Gasteiger partial charge in [-0.05, 0) is 42.0 Å². The number of rotatable bonds is 4. The van der Waals surface area contributed by atoms with Gasteiger partial charge in [-0.15, -0.1) is 0 Å². The Morgan fingerprint density at radius 2 is 1.67 bits per heavy atom. The first-order chi connectivity index (χ1) is 14.3. The Morgan fingerprint density at radius 3 is 2.43 bits per heavy atom. The smallest absolute Gasteiger partial charge is 0.268 e. The first-order valence-electron chi connectivity index (χ1n) is 8.90. The SMILES string of the molecule is O=c1c2ccccc2nc(SCc2ccccc2C(F)(F)F)n1-c1cccc(F)c1. The van der Waals surface area contributed by atoms with Gasteiger partial charge in [0.1, 0.15) is 5.82 Å². The molecule has 152 valence electrons. The highest BCUT2D eigenvalue weighted by atomic mass is 32.2. The topological polar surface area (TPSA) is 34.9 Å². The molecule has 0 aliphatic carbocycles. The lowest BCUT2D eigenvalue weighted by molar-refractivity contribution is -0.138. The van der Waals surface area contributed by atoms with E-state index < -0.39 is 23.1 Å². The molecule has 1 aromatic heterocycles. The zero-order valence-electron chi connectivity index (χ0n) is 15.4. The standard InChI is InChI=1S/C22H14F4N2OS/c23-15-7-5-8-16(12-15)28-20(29)17-9-2-4-11-19(17)27-21(28)30-13-14-6-1-3-10-18(14)22(24,25)26/h1-12H,13H2. The van der Waals surface area contributed by atoms with Crippen LogP contribution in [0.5, 0.6) is 0 Å². The fourth-order valence-electron chi connectivity index (χ4n) is 3.12. The quantitative estimate of drug-likeness (QED) is 0.232. The summed E-state index contributed by atoms with van der Waals surface area (Å²) in [6.07, 6.45) is -4.49. The van der Waals surface area contributed by atoms with Gasteiger partial charge in [-0.2, -0.15) is 13.2 Å². The molecule has 0 saturated carbocycles. The molecule has 1 heterocycles. The highest BCUT2D eigenvalue weighted by Gasteiger charge is 2.32. The van der Waals surface area contributed by atoms with Crippen LogP contribution in [0.1, 0.15) is 11.1 Å². The van der Waals surface area contributed by atoms with Gasteiger partial charge in [0.25, 0.3) is 5.56 Å². The zero-order valence-corrected chi connectivity index (χ0v) is 16.2. The van der Waals surface area contributed by atoms with Crippen molar-refractivity contribution in [1.29, 1.82) is 0 Å². The highest BCUT2D eigenvalue weighted by Crippen LogP contribution is 2.34. The molecular formula is C22H14F4N2OS. The van der Waals surface area contributed by atoms with Crippen molar-refractivity contribution in [3.05, 3.63) is 100 Å². The lowest BCUT2D eigenvalue weighted by Crippen LogP contribution is -2.22. The average Bonchev–Trinajstić information content (AvgIpc) is 2.72. The Balaban J connectivity index is 1.83. The third kappa shape index (κ3) is 3.95. The van der Waals surface area contributed by atoms with Crippen molar-refractivity contribution in [1.82, 2.24) is 9.55 Å². The summed E-state index contributed by atoms with van der Waals surface area (Å²) in [5, 5.41) is 0.517. The summed E-state index contributed by atoms with van der Waals surface area (Å²) in [5.74, 6) is -0.596. The van der Waals surface area contributed by atoms with Gasteiger partial charge in [-0.1, -0.05) is 48.2 Å². The molecule has 4 aromatic rings. The van der Waals surface area contributed by atoms with Crippen LogP contribution < -0.4 is 5.56 Å². The van der Waals surface area contributed by atoms with E-state index in [1.54, 1.807) is 30.3 Å². The molecule has 0 aliphatic heterocycles. The predicted octanol–water partition coefficient (Wildman–Crippen LogP) is 5.84. The van der Waals surface area contributed by atoms with Gasteiger partial charge in [0.05, 0.1) is 22.2 Å². The van der Waals surface area contributed by atoms with Gasteiger partial charge >= 0.3 is 6.18 Å². The van der Waals surface area contributed by atoms with Crippen LogP contribution in [0, 0.1) is 5.82 Å². The van der Waals surface area contributed by atoms with E-state index in [2.05, 4.69) is 4.98 Å². The summed E-state index contributed by atoms with van der Waals surface area (Å²) in [7, 11) is 0. The highest BCUT2D eigenvalue weighted by molar-refractivity contribution is 7.98. The molecule has 8 heteroatoms. The van der Waals surface area contributed by atoms with Gasteiger partial charge in [0, 0.05) is 5.75 Å². The number of thioether (sulfide) groups is 1. The molecule has 4 rings (SSSR count). The summed E-state index contributed by atoms with van der Waals surface area (Å²) >= 11 is 0.990. The van der Waals surface area contributed by atoms with E-state index in [1.165, 1.54) is 41.0 Å². The summed E-state index contributed by atoms with van der Waals surface area (Å²) in [6.45, 7) is 0. The molecule has 30 heavy (non-hydrogen) atoms. The molecule has 0 N–H and O–H groups in total. The molecule has 0 saturated heterocycles. The van der Waals surface area contributed by atoms with Crippen LogP contribution in [0.25, 0.3) is 16.6 Å². The minimum atomic E-state index is -4.49. The molecule has 0 unspecified atom stereocenters. The normalized spacial score (nSPS) is 11.7. The minimum Gasteiger partial charge on any atom is -0.268 e. The third-order valence-corrected chi connectivity index (χ3v) is 5.48. The van der Waals surface area contributed by atoms with E-state index in [9.17, 15) is 22.4 Å². The maximum Gasteiger partial charge on any atom is 0.416 e. The number of hydrogen-bond donors (Lipinski definition) is 0. The molecule has 0 aliphatic rings. The summed E-state index contributed by atoms with van der Waals surface area (Å²) in [5.41, 5.74) is -0.412. The van der Waals surface area contributed by atoms with E-state index in [4.69, 9.17) is 0 Å². The van der Waals surface area contributed by atoms with Gasteiger partial charge in [0.15, 0.2) is 5.16 Å². The Bertz CT molecular complexity index is 1280. The molecule has 0 atom stereocenters. The maximum absolute atomic E-state index is 13.8. The predicted molar refractivity (Wildman–Crippen MR) is 108 cm³/mol. The number of alkyl halides is 3. The summed E-state index contributed by atoms with van der Waals surface area (Å²) in [4.78, 5) is 17.6. The lowest BCUT2D eigenvalue weighted by Gasteiger charge is -2.15. The number of nitrogens with zero attached hydrogens (tertiary/aromatic N) is 2. The molecule has 0 fully saturated rings. The molecule has 3 aromatic carbocycles. The van der Waals surface area contributed by atoms with Crippen molar-refractivity contribution in [2.45, 2.75) is 17.1 Å². The second-order valence-corrected chi connectivity index (χ2v) is 7.42. The fourth-order valence-corrected chi connectivity index (χ4v) is 4.13. The first-order valence-corrected chi connectivity index (χ1v) is 9.89.